The van der Waals surface area contributed by atoms with Gasteiger partial charge in [-0.3, -0.25) is 4.79 Å². The van der Waals surface area contributed by atoms with Crippen molar-refractivity contribution in [3.05, 3.63) is 88.2 Å². The van der Waals surface area contributed by atoms with Crippen LogP contribution in [-0.4, -0.2) is 16.7 Å². The molecule has 0 bridgehead atoms. The SMILES string of the molecule is Cc1cc(/C=N\NC(=O)c2cccc(C(F)(F)F)c2)c(C)n1-c1ccc(C(C)C)cc1. The maximum atomic E-state index is 12.8. The third-order valence-corrected chi connectivity index (χ3v) is 5.11. The normalized spacial score (nSPS) is 12.0. The van der Waals surface area contributed by atoms with Gasteiger partial charge in [0, 0.05) is 28.2 Å². The highest BCUT2D eigenvalue weighted by atomic mass is 19.4. The summed E-state index contributed by atoms with van der Waals surface area (Å²) in [5.41, 5.74) is 6.32. The first kappa shape index (κ1) is 22.3. The number of aromatic nitrogens is 1. The molecular weight excluding hydrogens is 403 g/mol. The number of alkyl halides is 3. The van der Waals surface area contributed by atoms with Gasteiger partial charge in [0.1, 0.15) is 0 Å². The maximum absolute atomic E-state index is 12.8. The van der Waals surface area contributed by atoms with E-state index in [-0.39, 0.29) is 5.56 Å². The van der Waals surface area contributed by atoms with Crippen molar-refractivity contribution >= 4 is 12.1 Å². The number of amides is 1. The highest BCUT2D eigenvalue weighted by Crippen LogP contribution is 2.29. The topological polar surface area (TPSA) is 46.4 Å². The van der Waals surface area contributed by atoms with E-state index in [1.807, 2.05) is 19.9 Å². The Kier molecular flexibility index (Phi) is 6.34. The van der Waals surface area contributed by atoms with Crippen molar-refractivity contribution in [3.8, 4) is 5.69 Å². The molecule has 3 aromatic rings. The zero-order valence-electron chi connectivity index (χ0n) is 17.8. The van der Waals surface area contributed by atoms with E-state index in [9.17, 15) is 18.0 Å². The van der Waals surface area contributed by atoms with E-state index in [1.54, 1.807) is 0 Å². The van der Waals surface area contributed by atoms with Crippen LogP contribution in [0.4, 0.5) is 13.2 Å². The van der Waals surface area contributed by atoms with Gasteiger partial charge in [0.15, 0.2) is 0 Å². The Labute approximate surface area is 179 Å². The first-order valence-corrected chi connectivity index (χ1v) is 9.88. The first-order chi connectivity index (χ1) is 14.6. The van der Waals surface area contributed by atoms with E-state index < -0.39 is 17.6 Å². The molecule has 2 aromatic carbocycles. The molecule has 0 atom stereocenters. The van der Waals surface area contributed by atoms with Crippen LogP contribution >= 0.6 is 0 Å². The van der Waals surface area contributed by atoms with E-state index in [2.05, 4.69) is 53.2 Å². The number of hydrazone groups is 1. The summed E-state index contributed by atoms with van der Waals surface area (Å²) in [5.74, 6) is -0.260. The Balaban J connectivity index is 1.76. The van der Waals surface area contributed by atoms with Gasteiger partial charge in [0.25, 0.3) is 5.91 Å². The van der Waals surface area contributed by atoms with E-state index in [0.29, 0.717) is 5.92 Å². The molecular formula is C24H24F3N3O. The molecule has 7 heteroatoms. The lowest BCUT2D eigenvalue weighted by Gasteiger charge is -2.12. The van der Waals surface area contributed by atoms with Crippen LogP contribution in [0.1, 0.15) is 58.2 Å². The average Bonchev–Trinajstić information content (AvgIpc) is 3.00. The van der Waals surface area contributed by atoms with Crippen molar-refractivity contribution in [2.24, 2.45) is 5.10 Å². The number of nitrogens with zero attached hydrogens (tertiary/aromatic N) is 2. The largest absolute Gasteiger partial charge is 0.416 e. The van der Waals surface area contributed by atoms with E-state index >= 15 is 0 Å². The zero-order valence-corrected chi connectivity index (χ0v) is 17.8. The first-order valence-electron chi connectivity index (χ1n) is 9.88. The smallest absolute Gasteiger partial charge is 0.318 e. The molecule has 0 spiro atoms. The quantitative estimate of drug-likeness (QED) is 0.394. The molecule has 4 nitrogen and oxygen atoms in total. The third kappa shape index (κ3) is 5.05. The second kappa shape index (κ2) is 8.79. The van der Waals surface area contributed by atoms with Gasteiger partial charge in [-0.25, -0.2) is 5.43 Å². The molecule has 0 radical (unpaired) electrons. The molecule has 0 saturated carbocycles. The van der Waals surface area contributed by atoms with Crippen molar-refractivity contribution < 1.29 is 18.0 Å². The van der Waals surface area contributed by atoms with Crippen LogP contribution in [0.3, 0.4) is 0 Å². The molecule has 0 unspecified atom stereocenters. The number of nitrogens with one attached hydrogen (secondary N) is 1. The summed E-state index contributed by atoms with van der Waals surface area (Å²) in [6, 6.07) is 14.5. The molecule has 3 rings (SSSR count). The fourth-order valence-corrected chi connectivity index (χ4v) is 3.39. The minimum absolute atomic E-state index is 0.109. The highest BCUT2D eigenvalue weighted by Gasteiger charge is 2.30. The molecule has 0 aliphatic carbocycles. The minimum Gasteiger partial charge on any atom is -0.318 e. The number of hydrogen-bond acceptors (Lipinski definition) is 2. The van der Waals surface area contributed by atoms with Gasteiger partial charge in [0.05, 0.1) is 11.8 Å². The van der Waals surface area contributed by atoms with Crippen LogP contribution in [0.25, 0.3) is 5.69 Å². The van der Waals surface area contributed by atoms with Crippen LogP contribution in [0, 0.1) is 13.8 Å². The summed E-state index contributed by atoms with van der Waals surface area (Å²) < 4.78 is 40.6. The van der Waals surface area contributed by atoms with Gasteiger partial charge < -0.3 is 4.57 Å². The molecule has 0 aliphatic heterocycles. The number of aryl methyl sites for hydroxylation is 1. The van der Waals surface area contributed by atoms with Crippen LogP contribution < -0.4 is 5.43 Å². The van der Waals surface area contributed by atoms with Gasteiger partial charge in [-0.1, -0.05) is 32.0 Å². The fourth-order valence-electron chi connectivity index (χ4n) is 3.39. The Bertz CT molecular complexity index is 1110. The van der Waals surface area contributed by atoms with Gasteiger partial charge in [-0.15, -0.1) is 0 Å². The molecule has 162 valence electrons. The van der Waals surface area contributed by atoms with Crippen LogP contribution in [0.5, 0.6) is 0 Å². The van der Waals surface area contributed by atoms with Crippen molar-refractivity contribution in [2.75, 3.05) is 0 Å². The summed E-state index contributed by atoms with van der Waals surface area (Å²) in [5, 5.41) is 3.94. The zero-order chi connectivity index (χ0) is 22.8. The molecule has 1 heterocycles. The molecule has 31 heavy (non-hydrogen) atoms. The second-order valence-corrected chi connectivity index (χ2v) is 7.69. The Hall–Kier alpha value is -3.35. The third-order valence-electron chi connectivity index (χ3n) is 5.11. The van der Waals surface area contributed by atoms with E-state index in [1.165, 1.54) is 23.9 Å². The summed E-state index contributed by atoms with van der Waals surface area (Å²) in [7, 11) is 0. The van der Waals surface area contributed by atoms with Crippen LogP contribution in [0.15, 0.2) is 59.7 Å². The highest BCUT2D eigenvalue weighted by molar-refractivity contribution is 5.95. The monoisotopic (exact) mass is 427 g/mol. The predicted octanol–water partition coefficient (Wildman–Crippen LogP) is 6.00. The number of carbonyl (C=O) groups is 1. The Morgan fingerprint density at radius 1 is 1.06 bits per heavy atom. The molecule has 1 amide bonds. The Morgan fingerprint density at radius 2 is 1.74 bits per heavy atom. The number of carbonyl (C=O) groups excluding carboxylic acids is 1. The fraction of sp³-hybridized carbons (Fsp3) is 0.250. The van der Waals surface area contributed by atoms with Gasteiger partial charge in [0.2, 0.25) is 0 Å². The molecule has 0 aliphatic rings. The molecule has 1 aromatic heterocycles. The number of hydrogen-bond donors (Lipinski definition) is 1. The summed E-state index contributed by atoms with van der Waals surface area (Å²) in [4.78, 5) is 12.2. The number of rotatable bonds is 5. The van der Waals surface area contributed by atoms with Gasteiger partial charge in [-0.2, -0.15) is 18.3 Å². The lowest BCUT2D eigenvalue weighted by Crippen LogP contribution is -2.18. The second-order valence-electron chi connectivity index (χ2n) is 7.69. The standard InChI is InChI=1S/C24H24F3N3O/c1-15(2)18-8-10-22(11-9-18)30-16(3)12-20(17(30)4)14-28-29-23(31)19-6-5-7-21(13-19)24(25,26)27/h5-15H,1-4H3,(H,29,31)/b28-14-. The van der Waals surface area contributed by atoms with Crippen molar-refractivity contribution in [3.63, 3.8) is 0 Å². The van der Waals surface area contributed by atoms with Crippen LogP contribution in [-0.2, 0) is 6.18 Å². The molecule has 1 N–H and O–H groups in total. The van der Waals surface area contributed by atoms with E-state index in [4.69, 9.17) is 0 Å². The van der Waals surface area contributed by atoms with Gasteiger partial charge >= 0.3 is 6.18 Å². The van der Waals surface area contributed by atoms with Crippen molar-refractivity contribution in [1.82, 2.24) is 9.99 Å². The lowest BCUT2D eigenvalue weighted by atomic mass is 10.0. The summed E-state index contributed by atoms with van der Waals surface area (Å²) in [6.45, 7) is 8.20. The van der Waals surface area contributed by atoms with E-state index in [0.717, 1.165) is 34.8 Å². The average molecular weight is 427 g/mol. The summed E-state index contributed by atoms with van der Waals surface area (Å²) >= 11 is 0. The van der Waals surface area contributed by atoms with Crippen molar-refractivity contribution in [2.45, 2.75) is 39.8 Å². The molecule has 0 fully saturated rings. The predicted molar refractivity (Wildman–Crippen MR) is 116 cm³/mol. The van der Waals surface area contributed by atoms with Gasteiger partial charge in [-0.05, 0) is 61.7 Å². The maximum Gasteiger partial charge on any atom is 0.416 e. The summed E-state index contributed by atoms with van der Waals surface area (Å²) in [6.07, 6.45) is -3.02. The van der Waals surface area contributed by atoms with Crippen LogP contribution in [0.2, 0.25) is 0 Å². The van der Waals surface area contributed by atoms with Crippen molar-refractivity contribution in [1.29, 1.82) is 0 Å². The lowest BCUT2D eigenvalue weighted by molar-refractivity contribution is -0.137. The minimum atomic E-state index is -4.51. The molecule has 0 saturated heterocycles. The Morgan fingerprint density at radius 3 is 2.35 bits per heavy atom. The number of benzene rings is 2. The number of halogens is 3.